The molecule has 2 rings (SSSR count). The van der Waals surface area contributed by atoms with Crippen LogP contribution in [0.1, 0.15) is 36.4 Å². The molecule has 0 saturated carbocycles. The Morgan fingerprint density at radius 1 is 1.45 bits per heavy atom. The molecule has 1 aromatic heterocycles. The molecule has 0 fully saturated rings. The maximum Gasteiger partial charge on any atom is 0.263 e. The van der Waals surface area contributed by atoms with Gasteiger partial charge >= 0.3 is 0 Å². The molecule has 4 nitrogen and oxygen atoms in total. The molecule has 108 valence electrons. The summed E-state index contributed by atoms with van der Waals surface area (Å²) in [5.74, 6) is -0.165. The number of aliphatic hydroxyl groups excluding tert-OH is 1. The molecule has 1 unspecified atom stereocenters. The summed E-state index contributed by atoms with van der Waals surface area (Å²) in [5.41, 5.74) is 6.20. The van der Waals surface area contributed by atoms with E-state index in [-0.39, 0.29) is 12.5 Å². The van der Waals surface area contributed by atoms with Gasteiger partial charge in [0.15, 0.2) is 0 Å². The summed E-state index contributed by atoms with van der Waals surface area (Å²) in [7, 11) is 0. The quantitative estimate of drug-likeness (QED) is 0.793. The van der Waals surface area contributed by atoms with Crippen LogP contribution in [0.4, 0.5) is 5.69 Å². The van der Waals surface area contributed by atoms with Crippen LogP contribution in [0.15, 0.2) is 24.3 Å². The Kier molecular flexibility index (Phi) is 4.30. The number of nitrogen functional groups attached to an aromatic ring is 1. The summed E-state index contributed by atoms with van der Waals surface area (Å²) in [6.45, 7) is 3.97. The van der Waals surface area contributed by atoms with E-state index < -0.39 is 5.54 Å². The molecule has 1 amide bonds. The van der Waals surface area contributed by atoms with Crippen LogP contribution in [0.2, 0.25) is 0 Å². The van der Waals surface area contributed by atoms with Gasteiger partial charge in [0.25, 0.3) is 5.91 Å². The van der Waals surface area contributed by atoms with Gasteiger partial charge in [0.05, 0.1) is 5.69 Å². The molecule has 1 heterocycles. The molecule has 0 aliphatic rings. The van der Waals surface area contributed by atoms with Gasteiger partial charge in [-0.2, -0.15) is 0 Å². The lowest BCUT2D eigenvalue weighted by Crippen LogP contribution is -2.46. The number of nitrogens with two attached hydrogens (primary N) is 1. The van der Waals surface area contributed by atoms with Gasteiger partial charge in [-0.25, -0.2) is 0 Å². The maximum atomic E-state index is 12.4. The number of rotatable bonds is 5. The molecule has 0 bridgehead atoms. The van der Waals surface area contributed by atoms with E-state index in [0.29, 0.717) is 17.0 Å². The number of hydrogen-bond donors (Lipinski definition) is 3. The number of anilines is 1. The van der Waals surface area contributed by atoms with Crippen molar-refractivity contribution < 1.29 is 9.90 Å². The van der Waals surface area contributed by atoms with Crippen molar-refractivity contribution in [1.82, 2.24) is 5.32 Å². The number of benzene rings is 1. The highest BCUT2D eigenvalue weighted by Crippen LogP contribution is 2.33. The third-order valence-corrected chi connectivity index (χ3v) is 4.88. The maximum absolute atomic E-state index is 12.4. The predicted octanol–water partition coefficient (Wildman–Crippen LogP) is 2.76. The molecular formula is C15H20N2O2S. The zero-order chi connectivity index (χ0) is 14.8. The average molecular weight is 292 g/mol. The van der Waals surface area contributed by atoms with Crippen LogP contribution in [0.5, 0.6) is 0 Å². The number of nitrogens with one attached hydrogen (secondary N) is 1. The normalized spacial score (nSPS) is 14.2. The number of amides is 1. The van der Waals surface area contributed by atoms with E-state index in [1.54, 1.807) is 0 Å². The van der Waals surface area contributed by atoms with Crippen LogP contribution >= 0.6 is 11.3 Å². The monoisotopic (exact) mass is 292 g/mol. The zero-order valence-corrected chi connectivity index (χ0v) is 12.6. The van der Waals surface area contributed by atoms with Gasteiger partial charge in [-0.1, -0.05) is 25.1 Å². The first-order chi connectivity index (χ1) is 9.50. The Bertz CT molecular complexity index is 623. The average Bonchev–Trinajstić information content (AvgIpc) is 2.77. The van der Waals surface area contributed by atoms with E-state index in [1.165, 1.54) is 11.3 Å². The minimum absolute atomic E-state index is 0.0481. The molecule has 5 heteroatoms. The van der Waals surface area contributed by atoms with Crippen LogP contribution < -0.4 is 11.1 Å². The summed E-state index contributed by atoms with van der Waals surface area (Å²) < 4.78 is 1.01. The number of fused-ring (bicyclic) bond motifs is 1. The van der Waals surface area contributed by atoms with Gasteiger partial charge in [0.1, 0.15) is 4.88 Å². The van der Waals surface area contributed by atoms with E-state index in [2.05, 4.69) is 5.32 Å². The molecule has 1 atom stereocenters. The van der Waals surface area contributed by atoms with Gasteiger partial charge in [0.2, 0.25) is 0 Å². The molecular weight excluding hydrogens is 272 g/mol. The minimum atomic E-state index is -0.408. The number of thiophene rings is 1. The molecule has 4 N–H and O–H groups in total. The van der Waals surface area contributed by atoms with Crippen molar-refractivity contribution in [3.05, 3.63) is 29.1 Å². The van der Waals surface area contributed by atoms with Crippen molar-refractivity contribution in [2.45, 2.75) is 32.2 Å². The molecule has 0 radical (unpaired) electrons. The Morgan fingerprint density at radius 2 is 2.15 bits per heavy atom. The summed E-state index contributed by atoms with van der Waals surface area (Å²) in [6, 6.07) is 7.72. The second-order valence-corrected chi connectivity index (χ2v) is 6.24. The van der Waals surface area contributed by atoms with Crippen molar-refractivity contribution in [3.63, 3.8) is 0 Å². The van der Waals surface area contributed by atoms with Crippen molar-refractivity contribution in [3.8, 4) is 0 Å². The van der Waals surface area contributed by atoms with Crippen LogP contribution in [0.3, 0.4) is 0 Å². The largest absolute Gasteiger partial charge is 0.397 e. The van der Waals surface area contributed by atoms with E-state index in [4.69, 9.17) is 10.8 Å². The third kappa shape index (κ3) is 2.78. The van der Waals surface area contributed by atoms with Crippen molar-refractivity contribution >= 4 is 33.0 Å². The molecule has 0 saturated heterocycles. The van der Waals surface area contributed by atoms with Gasteiger partial charge in [-0.05, 0) is 25.8 Å². The number of carbonyl (C=O) groups excluding carboxylic acids is 1. The van der Waals surface area contributed by atoms with Gasteiger partial charge in [0, 0.05) is 22.2 Å². The lowest BCUT2D eigenvalue weighted by atomic mass is 9.95. The molecule has 0 spiro atoms. The fourth-order valence-corrected chi connectivity index (χ4v) is 3.16. The van der Waals surface area contributed by atoms with Gasteiger partial charge in [-0.15, -0.1) is 11.3 Å². The number of hydrogen-bond acceptors (Lipinski definition) is 4. The molecule has 1 aromatic carbocycles. The fraction of sp³-hybridized carbons (Fsp3) is 0.400. The summed E-state index contributed by atoms with van der Waals surface area (Å²) in [4.78, 5) is 13.0. The first-order valence-electron chi connectivity index (χ1n) is 6.71. The molecule has 0 aliphatic heterocycles. The summed E-state index contributed by atoms with van der Waals surface area (Å²) in [5, 5.41) is 13.0. The van der Waals surface area contributed by atoms with Gasteiger partial charge in [-0.3, -0.25) is 4.79 Å². The molecule has 2 aromatic rings. The first-order valence-corrected chi connectivity index (χ1v) is 7.53. The second kappa shape index (κ2) is 5.81. The molecule has 20 heavy (non-hydrogen) atoms. The van der Waals surface area contributed by atoms with Gasteiger partial charge < -0.3 is 16.2 Å². The topological polar surface area (TPSA) is 75.3 Å². The highest BCUT2D eigenvalue weighted by molar-refractivity contribution is 7.21. The van der Waals surface area contributed by atoms with Crippen molar-refractivity contribution in [2.75, 3.05) is 12.3 Å². The number of carbonyl (C=O) groups is 1. The lowest BCUT2D eigenvalue weighted by Gasteiger charge is -2.28. The first kappa shape index (κ1) is 14.8. The van der Waals surface area contributed by atoms with Crippen LogP contribution in [0, 0.1) is 0 Å². The highest BCUT2D eigenvalue weighted by Gasteiger charge is 2.26. The smallest absolute Gasteiger partial charge is 0.263 e. The van der Waals surface area contributed by atoms with Crippen LogP contribution in [-0.2, 0) is 0 Å². The van der Waals surface area contributed by atoms with E-state index in [1.807, 2.05) is 38.1 Å². The Morgan fingerprint density at radius 3 is 2.75 bits per heavy atom. The second-order valence-electron chi connectivity index (χ2n) is 5.18. The number of aliphatic hydroxyl groups is 1. The Hall–Kier alpha value is -1.59. The van der Waals surface area contributed by atoms with Crippen molar-refractivity contribution in [1.29, 1.82) is 0 Å². The van der Waals surface area contributed by atoms with Crippen LogP contribution in [0.25, 0.3) is 10.1 Å². The molecule has 0 aliphatic carbocycles. The predicted molar refractivity (Wildman–Crippen MR) is 84.1 cm³/mol. The highest BCUT2D eigenvalue weighted by atomic mass is 32.1. The van der Waals surface area contributed by atoms with E-state index in [9.17, 15) is 4.79 Å². The fourth-order valence-electron chi connectivity index (χ4n) is 2.14. The van der Waals surface area contributed by atoms with E-state index in [0.717, 1.165) is 16.5 Å². The summed E-state index contributed by atoms with van der Waals surface area (Å²) >= 11 is 1.40. The SMILES string of the molecule is CCC(C)(CCO)NC(=O)c1sc2ccccc2c1N. The minimum Gasteiger partial charge on any atom is -0.397 e. The lowest BCUT2D eigenvalue weighted by molar-refractivity contribution is 0.0891. The Balaban J connectivity index is 2.29. The Labute approximate surface area is 122 Å². The zero-order valence-electron chi connectivity index (χ0n) is 11.8. The third-order valence-electron chi connectivity index (χ3n) is 3.70. The summed E-state index contributed by atoms with van der Waals surface area (Å²) in [6.07, 6.45) is 1.28. The van der Waals surface area contributed by atoms with Crippen molar-refractivity contribution in [2.24, 2.45) is 0 Å². The standard InChI is InChI=1S/C15H20N2O2S/c1-3-15(2,8-9-18)17-14(19)13-12(16)10-6-4-5-7-11(10)20-13/h4-7,18H,3,8-9,16H2,1-2H3,(H,17,19). The van der Waals surface area contributed by atoms with E-state index >= 15 is 0 Å². The van der Waals surface area contributed by atoms with Crippen LogP contribution in [-0.4, -0.2) is 23.2 Å².